The zero-order chi connectivity index (χ0) is 13.8. The molecule has 0 spiro atoms. The summed E-state index contributed by atoms with van der Waals surface area (Å²) >= 11 is 0. The Labute approximate surface area is 108 Å². The molecule has 0 unspecified atom stereocenters. The number of rotatable bonds is 5. The van der Waals surface area contributed by atoms with Gasteiger partial charge in [-0.3, -0.25) is 0 Å². The maximum absolute atomic E-state index is 9.53. The topological polar surface area (TPSA) is 81.8 Å². The molecule has 0 bridgehead atoms. The Morgan fingerprint density at radius 2 is 1.89 bits per heavy atom. The number of hydrogen-bond donors (Lipinski definition) is 2. The smallest absolute Gasteiger partial charge is 0.167 e. The van der Waals surface area contributed by atoms with Gasteiger partial charge < -0.3 is 10.4 Å². The minimum Gasteiger partial charge on any atom is -0.394 e. The maximum atomic E-state index is 9.53. The van der Waals surface area contributed by atoms with E-state index in [2.05, 4.69) is 21.6 Å². The summed E-state index contributed by atoms with van der Waals surface area (Å²) in [5, 5.41) is 30.0. The van der Waals surface area contributed by atoms with E-state index >= 15 is 0 Å². The minimum atomic E-state index is -0.442. The monoisotopic (exact) mass is 248 g/mol. The van der Waals surface area contributed by atoms with Gasteiger partial charge in [-0.2, -0.15) is 10.4 Å². The van der Waals surface area contributed by atoms with Crippen LogP contribution in [0.2, 0.25) is 0 Å². The number of aryl methyl sites for hydroxylation is 1. The van der Waals surface area contributed by atoms with Crippen LogP contribution in [0.3, 0.4) is 0 Å². The first-order chi connectivity index (χ1) is 8.53. The number of aliphatic hydroxyl groups is 1. The van der Waals surface area contributed by atoms with Gasteiger partial charge in [0, 0.05) is 0 Å². The summed E-state index contributed by atoms with van der Waals surface area (Å²) in [5.41, 5.74) is 1.64. The molecule has 1 aromatic heterocycles. The third kappa shape index (κ3) is 2.59. The molecule has 0 aliphatic rings. The third-order valence-electron chi connectivity index (χ3n) is 3.61. The average Bonchev–Trinajstić information content (AvgIpc) is 2.40. The highest BCUT2D eigenvalue weighted by molar-refractivity contribution is 5.57. The van der Waals surface area contributed by atoms with E-state index in [1.54, 1.807) is 0 Å². The first kappa shape index (κ1) is 14.4. The summed E-state index contributed by atoms with van der Waals surface area (Å²) in [7, 11) is 0. The molecule has 0 saturated carbocycles. The second-order valence-electron chi connectivity index (χ2n) is 4.52. The van der Waals surface area contributed by atoms with Crippen LogP contribution < -0.4 is 5.32 Å². The van der Waals surface area contributed by atoms with Gasteiger partial charge in [-0.25, -0.2) is 0 Å². The van der Waals surface area contributed by atoms with Crippen LogP contribution >= 0.6 is 0 Å². The van der Waals surface area contributed by atoms with Crippen LogP contribution in [0.25, 0.3) is 0 Å². The predicted octanol–water partition coefficient (Wildman–Crippen LogP) is 1.93. The molecule has 0 fully saturated rings. The lowest BCUT2D eigenvalue weighted by atomic mass is 9.93. The molecular weight excluding hydrogens is 228 g/mol. The quantitative estimate of drug-likeness (QED) is 0.832. The summed E-state index contributed by atoms with van der Waals surface area (Å²) in [6, 6.07) is 2.15. The number of aliphatic hydroxyl groups excluding tert-OH is 1. The molecule has 2 N–H and O–H groups in total. The Morgan fingerprint density at radius 3 is 2.33 bits per heavy atom. The normalized spacial score (nSPS) is 11.1. The Kier molecular flexibility index (Phi) is 4.62. The molecule has 0 atom stereocenters. The van der Waals surface area contributed by atoms with E-state index in [9.17, 15) is 10.4 Å². The van der Waals surface area contributed by atoms with E-state index in [1.165, 1.54) is 0 Å². The van der Waals surface area contributed by atoms with Crippen LogP contribution in [0.4, 0.5) is 5.82 Å². The summed E-state index contributed by atoms with van der Waals surface area (Å²) in [6.07, 6.45) is 1.50. The van der Waals surface area contributed by atoms with Crippen molar-refractivity contribution in [3.63, 3.8) is 0 Å². The number of hydrogen-bond acceptors (Lipinski definition) is 5. The lowest BCUT2D eigenvalue weighted by molar-refractivity contribution is 0.202. The van der Waals surface area contributed by atoms with E-state index in [4.69, 9.17) is 0 Å². The number of nitrogens with one attached hydrogen (secondary N) is 1. The lowest BCUT2D eigenvalue weighted by Gasteiger charge is -2.31. The largest absolute Gasteiger partial charge is 0.394 e. The van der Waals surface area contributed by atoms with Crippen LogP contribution in [0.15, 0.2) is 0 Å². The molecule has 98 valence electrons. The van der Waals surface area contributed by atoms with Gasteiger partial charge in [-0.05, 0) is 32.3 Å². The SMILES string of the molecule is CCC(CC)(CO)Nc1nnc(C)c(C)c1C#N. The van der Waals surface area contributed by atoms with Gasteiger partial charge in [0.25, 0.3) is 0 Å². The van der Waals surface area contributed by atoms with Gasteiger partial charge in [0.2, 0.25) is 0 Å². The Bertz CT molecular complexity index is 453. The van der Waals surface area contributed by atoms with Crippen molar-refractivity contribution in [3.8, 4) is 6.07 Å². The first-order valence-corrected chi connectivity index (χ1v) is 6.16. The number of anilines is 1. The predicted molar refractivity (Wildman–Crippen MR) is 70.2 cm³/mol. The molecule has 0 aromatic carbocycles. The van der Waals surface area contributed by atoms with E-state index < -0.39 is 5.54 Å². The van der Waals surface area contributed by atoms with Crippen molar-refractivity contribution in [1.82, 2.24) is 10.2 Å². The summed E-state index contributed by atoms with van der Waals surface area (Å²) in [6.45, 7) is 7.66. The number of nitrogens with zero attached hydrogens (tertiary/aromatic N) is 3. The highest BCUT2D eigenvalue weighted by Gasteiger charge is 2.27. The van der Waals surface area contributed by atoms with Crippen LogP contribution in [-0.4, -0.2) is 27.4 Å². The molecule has 0 amide bonds. The standard InChI is InChI=1S/C13H20N4O/c1-5-13(6-2,8-18)15-12-11(7-14)9(3)10(4)16-17-12/h18H,5-6,8H2,1-4H3,(H,15,17). The van der Waals surface area contributed by atoms with Crippen molar-refractivity contribution in [2.75, 3.05) is 11.9 Å². The molecule has 0 radical (unpaired) electrons. The van der Waals surface area contributed by atoms with Crippen molar-refractivity contribution < 1.29 is 5.11 Å². The van der Waals surface area contributed by atoms with Crippen molar-refractivity contribution in [1.29, 1.82) is 5.26 Å². The molecule has 1 aromatic rings. The van der Waals surface area contributed by atoms with Gasteiger partial charge in [0.1, 0.15) is 11.6 Å². The second kappa shape index (κ2) is 5.78. The van der Waals surface area contributed by atoms with Crippen molar-refractivity contribution in [2.24, 2.45) is 0 Å². The summed E-state index contributed by atoms with van der Waals surface area (Å²) in [4.78, 5) is 0. The van der Waals surface area contributed by atoms with Crippen LogP contribution in [0.1, 0.15) is 43.5 Å². The molecule has 0 saturated heterocycles. The Balaban J connectivity index is 3.20. The van der Waals surface area contributed by atoms with Gasteiger partial charge in [0.05, 0.1) is 17.8 Å². The zero-order valence-corrected chi connectivity index (χ0v) is 11.4. The molecule has 0 aliphatic carbocycles. The fraction of sp³-hybridized carbons (Fsp3) is 0.615. The summed E-state index contributed by atoms with van der Waals surface area (Å²) in [5.74, 6) is 0.457. The Hall–Kier alpha value is -1.67. The van der Waals surface area contributed by atoms with Gasteiger partial charge in [-0.1, -0.05) is 13.8 Å². The van der Waals surface area contributed by atoms with E-state index in [1.807, 2.05) is 27.7 Å². The Morgan fingerprint density at radius 1 is 1.28 bits per heavy atom. The van der Waals surface area contributed by atoms with Crippen LogP contribution in [0.5, 0.6) is 0 Å². The van der Waals surface area contributed by atoms with Crippen molar-refractivity contribution in [3.05, 3.63) is 16.8 Å². The van der Waals surface area contributed by atoms with Crippen molar-refractivity contribution in [2.45, 2.75) is 46.1 Å². The molecule has 5 nitrogen and oxygen atoms in total. The molecule has 18 heavy (non-hydrogen) atoms. The molecular formula is C13H20N4O. The minimum absolute atomic E-state index is 0.000523. The molecule has 1 heterocycles. The number of nitriles is 1. The average molecular weight is 248 g/mol. The van der Waals surface area contributed by atoms with Crippen molar-refractivity contribution >= 4 is 5.82 Å². The first-order valence-electron chi connectivity index (χ1n) is 6.16. The third-order valence-corrected chi connectivity index (χ3v) is 3.61. The van der Waals surface area contributed by atoms with Gasteiger partial charge in [0.15, 0.2) is 5.82 Å². The second-order valence-corrected chi connectivity index (χ2v) is 4.52. The van der Waals surface area contributed by atoms with E-state index in [0.29, 0.717) is 11.4 Å². The fourth-order valence-electron chi connectivity index (χ4n) is 1.77. The summed E-state index contributed by atoms with van der Waals surface area (Å²) < 4.78 is 0. The number of aromatic nitrogens is 2. The molecule has 5 heteroatoms. The van der Waals surface area contributed by atoms with E-state index in [0.717, 1.165) is 24.1 Å². The van der Waals surface area contributed by atoms with Crippen LogP contribution in [0, 0.1) is 25.2 Å². The maximum Gasteiger partial charge on any atom is 0.167 e. The molecule has 1 rings (SSSR count). The van der Waals surface area contributed by atoms with Crippen LogP contribution in [-0.2, 0) is 0 Å². The fourth-order valence-corrected chi connectivity index (χ4v) is 1.77. The van der Waals surface area contributed by atoms with Gasteiger partial charge in [-0.15, -0.1) is 5.10 Å². The van der Waals surface area contributed by atoms with E-state index in [-0.39, 0.29) is 6.61 Å². The highest BCUT2D eigenvalue weighted by atomic mass is 16.3. The molecule has 0 aliphatic heterocycles. The highest BCUT2D eigenvalue weighted by Crippen LogP contribution is 2.24. The lowest BCUT2D eigenvalue weighted by Crippen LogP contribution is -2.41. The van der Waals surface area contributed by atoms with Gasteiger partial charge >= 0.3 is 0 Å². The zero-order valence-electron chi connectivity index (χ0n) is 11.4.